The van der Waals surface area contributed by atoms with Crippen molar-refractivity contribution in [2.24, 2.45) is 13.0 Å². The van der Waals surface area contributed by atoms with Gasteiger partial charge >= 0.3 is 0 Å². The normalized spacial score (nSPS) is 22.0. The van der Waals surface area contributed by atoms with E-state index in [2.05, 4.69) is 43.6 Å². The predicted molar refractivity (Wildman–Crippen MR) is 96.7 cm³/mol. The molecule has 0 aliphatic carbocycles. The Hall–Kier alpha value is -2.14. The number of imidazole rings is 1. The van der Waals surface area contributed by atoms with E-state index < -0.39 is 0 Å². The fraction of sp³-hybridized carbons (Fsp3) is 0.500. The van der Waals surface area contributed by atoms with Crippen molar-refractivity contribution in [3.8, 4) is 0 Å². The van der Waals surface area contributed by atoms with Crippen molar-refractivity contribution in [1.29, 1.82) is 0 Å². The topological polar surface area (TPSA) is 41.4 Å². The highest BCUT2D eigenvalue weighted by Gasteiger charge is 2.37. The van der Waals surface area contributed by atoms with Gasteiger partial charge in [0.15, 0.2) is 0 Å². The molecule has 3 heterocycles. The molecule has 0 bridgehead atoms. The number of carbonyl (C=O) groups excluding carboxylic acids is 1. The zero-order valence-corrected chi connectivity index (χ0v) is 14.8. The van der Waals surface area contributed by atoms with E-state index in [1.54, 1.807) is 0 Å². The highest BCUT2D eigenvalue weighted by molar-refractivity contribution is 5.80. The van der Waals surface area contributed by atoms with Crippen molar-refractivity contribution in [3.63, 3.8) is 0 Å². The quantitative estimate of drug-likeness (QED) is 0.860. The average molecular weight is 338 g/mol. The van der Waals surface area contributed by atoms with E-state index in [1.165, 1.54) is 5.56 Å². The summed E-state index contributed by atoms with van der Waals surface area (Å²) in [6, 6.07) is 10.7. The van der Waals surface area contributed by atoms with Crippen molar-refractivity contribution in [1.82, 2.24) is 19.4 Å². The second-order valence-electron chi connectivity index (χ2n) is 7.25. The number of nitrogens with zero attached hydrogens (tertiary/aromatic N) is 4. The third kappa shape index (κ3) is 3.33. The summed E-state index contributed by atoms with van der Waals surface area (Å²) in [5.41, 5.74) is 1.27. The van der Waals surface area contributed by atoms with Crippen LogP contribution in [0.3, 0.4) is 0 Å². The van der Waals surface area contributed by atoms with E-state index in [-0.39, 0.29) is 5.92 Å². The monoisotopic (exact) mass is 338 g/mol. The minimum atomic E-state index is 0.184. The first-order valence-corrected chi connectivity index (χ1v) is 9.26. The molecule has 2 aliphatic rings. The molecular weight excluding hydrogens is 312 g/mol. The molecule has 0 unspecified atom stereocenters. The molecule has 0 N–H and O–H groups in total. The second kappa shape index (κ2) is 7.00. The van der Waals surface area contributed by atoms with Gasteiger partial charge in [-0.1, -0.05) is 30.3 Å². The highest BCUT2D eigenvalue weighted by atomic mass is 16.2. The van der Waals surface area contributed by atoms with Gasteiger partial charge in [0.05, 0.1) is 12.6 Å². The van der Waals surface area contributed by atoms with E-state index in [9.17, 15) is 4.79 Å². The van der Waals surface area contributed by atoms with Crippen LogP contribution in [0, 0.1) is 5.92 Å². The molecule has 2 fully saturated rings. The summed E-state index contributed by atoms with van der Waals surface area (Å²) in [6.45, 7) is 3.74. The van der Waals surface area contributed by atoms with Crippen LogP contribution in [0.25, 0.3) is 0 Å². The highest BCUT2D eigenvalue weighted by Crippen LogP contribution is 2.35. The molecular formula is C20H26N4O. The van der Waals surface area contributed by atoms with Crippen LogP contribution in [-0.2, 0) is 18.4 Å². The van der Waals surface area contributed by atoms with Gasteiger partial charge in [0, 0.05) is 31.9 Å². The summed E-state index contributed by atoms with van der Waals surface area (Å²) < 4.78 is 2.07. The number of amides is 1. The van der Waals surface area contributed by atoms with Gasteiger partial charge in [0.25, 0.3) is 0 Å². The van der Waals surface area contributed by atoms with E-state index in [1.807, 2.05) is 25.5 Å². The smallest absolute Gasteiger partial charge is 0.226 e. The summed E-state index contributed by atoms with van der Waals surface area (Å²) in [7, 11) is 2.03. The zero-order valence-electron chi connectivity index (χ0n) is 14.8. The van der Waals surface area contributed by atoms with Crippen LogP contribution in [0.15, 0.2) is 42.7 Å². The third-order valence-electron chi connectivity index (χ3n) is 5.71. The van der Waals surface area contributed by atoms with Gasteiger partial charge < -0.3 is 9.47 Å². The minimum Gasteiger partial charge on any atom is -0.337 e. The second-order valence-corrected chi connectivity index (χ2v) is 7.25. The fourth-order valence-corrected chi connectivity index (χ4v) is 3.99. The molecule has 1 aromatic carbocycles. The van der Waals surface area contributed by atoms with Crippen molar-refractivity contribution in [3.05, 3.63) is 54.1 Å². The fourth-order valence-electron chi connectivity index (χ4n) is 3.99. The molecule has 1 aromatic heterocycles. The Kier molecular flexibility index (Phi) is 4.57. The SMILES string of the molecule is Cn1ccnc1CN1CCC(C(=O)N2CC[C@@H]2c2ccccc2)CC1. The Balaban J connectivity index is 1.32. The molecule has 1 atom stereocenters. The number of aryl methyl sites for hydroxylation is 1. The molecule has 5 nitrogen and oxygen atoms in total. The Morgan fingerprint density at radius 2 is 1.88 bits per heavy atom. The van der Waals surface area contributed by atoms with Crippen LogP contribution in [0.1, 0.15) is 36.7 Å². The number of piperidine rings is 1. The number of rotatable bonds is 4. The maximum absolute atomic E-state index is 12.9. The van der Waals surface area contributed by atoms with Gasteiger partial charge in [-0.2, -0.15) is 0 Å². The lowest BCUT2D eigenvalue weighted by Gasteiger charge is -2.44. The minimum absolute atomic E-state index is 0.184. The van der Waals surface area contributed by atoms with Crippen LogP contribution in [-0.4, -0.2) is 44.9 Å². The number of hydrogen-bond acceptors (Lipinski definition) is 3. The zero-order chi connectivity index (χ0) is 17.2. The van der Waals surface area contributed by atoms with Gasteiger partial charge in [-0.05, 0) is 37.9 Å². The van der Waals surface area contributed by atoms with E-state index in [0.717, 1.165) is 51.3 Å². The summed E-state index contributed by atoms with van der Waals surface area (Å²) in [5.74, 6) is 1.64. The molecule has 2 aliphatic heterocycles. The van der Waals surface area contributed by atoms with Crippen LogP contribution in [0.4, 0.5) is 0 Å². The lowest BCUT2D eigenvalue weighted by atomic mass is 9.89. The third-order valence-corrected chi connectivity index (χ3v) is 5.71. The Bertz CT molecular complexity index is 718. The first-order valence-electron chi connectivity index (χ1n) is 9.26. The molecule has 4 rings (SSSR count). The summed E-state index contributed by atoms with van der Waals surface area (Å²) in [5, 5.41) is 0. The van der Waals surface area contributed by atoms with Crippen LogP contribution >= 0.6 is 0 Å². The van der Waals surface area contributed by atoms with Crippen LogP contribution in [0.5, 0.6) is 0 Å². The summed E-state index contributed by atoms with van der Waals surface area (Å²) in [4.78, 5) is 21.8. The number of aromatic nitrogens is 2. The molecule has 132 valence electrons. The maximum atomic E-state index is 12.9. The molecule has 0 radical (unpaired) electrons. The number of hydrogen-bond donors (Lipinski definition) is 0. The summed E-state index contributed by atoms with van der Waals surface area (Å²) in [6.07, 6.45) is 6.84. The Morgan fingerprint density at radius 1 is 1.12 bits per heavy atom. The maximum Gasteiger partial charge on any atom is 0.226 e. The Labute approximate surface area is 149 Å². The predicted octanol–water partition coefficient (Wildman–Crippen LogP) is 2.61. The van der Waals surface area contributed by atoms with E-state index in [0.29, 0.717) is 11.9 Å². The molecule has 0 spiro atoms. The van der Waals surface area contributed by atoms with E-state index in [4.69, 9.17) is 0 Å². The first kappa shape index (κ1) is 16.3. The number of likely N-dealkylation sites (tertiary alicyclic amines) is 2. The van der Waals surface area contributed by atoms with Crippen LogP contribution < -0.4 is 0 Å². The number of carbonyl (C=O) groups is 1. The largest absolute Gasteiger partial charge is 0.337 e. The number of benzene rings is 1. The van der Waals surface area contributed by atoms with Gasteiger partial charge in [-0.15, -0.1) is 0 Å². The summed E-state index contributed by atoms with van der Waals surface area (Å²) >= 11 is 0. The Morgan fingerprint density at radius 3 is 2.48 bits per heavy atom. The van der Waals surface area contributed by atoms with Gasteiger partial charge in [0.2, 0.25) is 5.91 Å². The van der Waals surface area contributed by atoms with Crippen LogP contribution in [0.2, 0.25) is 0 Å². The van der Waals surface area contributed by atoms with Gasteiger partial charge in [-0.25, -0.2) is 4.98 Å². The lowest BCUT2D eigenvalue weighted by Crippen LogP contribution is -2.49. The van der Waals surface area contributed by atoms with Crippen molar-refractivity contribution < 1.29 is 4.79 Å². The lowest BCUT2D eigenvalue weighted by molar-refractivity contribution is -0.145. The molecule has 1 amide bonds. The molecule has 5 heteroatoms. The molecule has 25 heavy (non-hydrogen) atoms. The van der Waals surface area contributed by atoms with Crippen molar-refractivity contribution in [2.75, 3.05) is 19.6 Å². The van der Waals surface area contributed by atoms with Gasteiger partial charge in [-0.3, -0.25) is 9.69 Å². The van der Waals surface area contributed by atoms with E-state index >= 15 is 0 Å². The first-order chi connectivity index (χ1) is 12.2. The van der Waals surface area contributed by atoms with Crippen molar-refractivity contribution in [2.45, 2.75) is 31.8 Å². The average Bonchev–Trinajstić information content (AvgIpc) is 3.00. The van der Waals surface area contributed by atoms with Gasteiger partial charge in [0.1, 0.15) is 5.82 Å². The molecule has 0 saturated carbocycles. The standard InChI is InChI=1S/C20H26N4O/c1-22-14-10-21-19(22)15-23-11-7-17(8-12-23)20(25)24-13-9-18(24)16-5-3-2-4-6-16/h2-6,10,14,17-18H,7-9,11-13,15H2,1H3/t18-/m1/s1. The van der Waals surface area contributed by atoms with Crippen molar-refractivity contribution >= 4 is 5.91 Å². The molecule has 2 saturated heterocycles. The molecule has 2 aromatic rings.